The molecule has 5 heteroatoms. The minimum Gasteiger partial charge on any atom is -0.332 e. The molecule has 1 aliphatic rings. The summed E-state index contributed by atoms with van der Waals surface area (Å²) in [6, 6.07) is 10.5. The van der Waals surface area contributed by atoms with E-state index in [1.54, 1.807) is 18.5 Å². The van der Waals surface area contributed by atoms with Crippen LogP contribution in [0.3, 0.4) is 0 Å². The molecule has 1 amide bonds. The highest BCUT2D eigenvalue weighted by Crippen LogP contribution is 2.32. The highest BCUT2D eigenvalue weighted by atomic mass is 35.5. The first-order valence-corrected chi connectivity index (χ1v) is 9.07. The van der Waals surface area contributed by atoms with Gasteiger partial charge in [-0.1, -0.05) is 35.9 Å². The van der Waals surface area contributed by atoms with Gasteiger partial charge in [-0.15, -0.1) is 0 Å². The van der Waals surface area contributed by atoms with Gasteiger partial charge in [0.05, 0.1) is 16.6 Å². The van der Waals surface area contributed by atoms with Gasteiger partial charge in [0.2, 0.25) is 0 Å². The summed E-state index contributed by atoms with van der Waals surface area (Å²) in [6.45, 7) is 1.69. The molecule has 4 nitrogen and oxygen atoms in total. The van der Waals surface area contributed by atoms with Crippen LogP contribution >= 0.6 is 11.6 Å². The number of likely N-dealkylation sites (tertiary alicyclic amines) is 1. The molecular formula is C20H24ClN3O. The van der Waals surface area contributed by atoms with Crippen molar-refractivity contribution < 1.29 is 4.79 Å². The SMILES string of the molecule is CN(C)Cc1ccc([C@@H]2CCCCN2C(=O)c2cncc(Cl)c2)cc1. The van der Waals surface area contributed by atoms with E-state index in [-0.39, 0.29) is 11.9 Å². The minimum absolute atomic E-state index is 0.0112. The Labute approximate surface area is 154 Å². The summed E-state index contributed by atoms with van der Waals surface area (Å²) in [5.74, 6) is 0.0112. The molecule has 0 N–H and O–H groups in total. The van der Waals surface area contributed by atoms with Crippen molar-refractivity contribution in [1.29, 1.82) is 0 Å². The van der Waals surface area contributed by atoms with Crippen molar-refractivity contribution in [1.82, 2.24) is 14.8 Å². The largest absolute Gasteiger partial charge is 0.332 e. The Kier molecular flexibility index (Phi) is 5.71. The van der Waals surface area contributed by atoms with E-state index < -0.39 is 0 Å². The van der Waals surface area contributed by atoms with Crippen molar-refractivity contribution in [2.24, 2.45) is 0 Å². The molecule has 1 aromatic carbocycles. The van der Waals surface area contributed by atoms with Crippen LogP contribution < -0.4 is 0 Å². The lowest BCUT2D eigenvalue weighted by atomic mass is 9.94. The number of halogens is 1. The zero-order valence-electron chi connectivity index (χ0n) is 14.8. The number of benzene rings is 1. The number of hydrogen-bond acceptors (Lipinski definition) is 3. The zero-order valence-corrected chi connectivity index (χ0v) is 15.5. The third-order valence-electron chi connectivity index (χ3n) is 4.58. The predicted molar refractivity (Wildman–Crippen MR) is 101 cm³/mol. The van der Waals surface area contributed by atoms with Crippen molar-refractivity contribution in [3.05, 3.63) is 64.4 Å². The van der Waals surface area contributed by atoms with Crippen LogP contribution in [0.2, 0.25) is 5.02 Å². The Hall–Kier alpha value is -1.91. The summed E-state index contributed by atoms with van der Waals surface area (Å²) in [6.07, 6.45) is 6.32. The number of nitrogens with zero attached hydrogens (tertiary/aromatic N) is 3. The van der Waals surface area contributed by atoms with Crippen molar-refractivity contribution >= 4 is 17.5 Å². The fourth-order valence-electron chi connectivity index (χ4n) is 3.43. The molecule has 1 fully saturated rings. The van der Waals surface area contributed by atoms with E-state index >= 15 is 0 Å². The lowest BCUT2D eigenvalue weighted by Gasteiger charge is -2.36. The van der Waals surface area contributed by atoms with Gasteiger partial charge in [-0.3, -0.25) is 9.78 Å². The quantitative estimate of drug-likeness (QED) is 0.824. The third-order valence-corrected chi connectivity index (χ3v) is 4.79. The molecular weight excluding hydrogens is 334 g/mol. The second-order valence-electron chi connectivity index (χ2n) is 6.88. The Morgan fingerprint density at radius 3 is 2.68 bits per heavy atom. The average molecular weight is 358 g/mol. The van der Waals surface area contributed by atoms with E-state index in [1.165, 1.54) is 11.1 Å². The second kappa shape index (κ2) is 7.98. The smallest absolute Gasteiger partial charge is 0.255 e. The van der Waals surface area contributed by atoms with Crippen LogP contribution in [0, 0.1) is 0 Å². The summed E-state index contributed by atoms with van der Waals surface area (Å²) in [5.41, 5.74) is 3.04. The van der Waals surface area contributed by atoms with Crippen molar-refractivity contribution in [3.8, 4) is 0 Å². The normalized spacial score (nSPS) is 17.8. The number of carbonyl (C=O) groups excluding carboxylic acids is 1. The highest BCUT2D eigenvalue weighted by molar-refractivity contribution is 6.30. The van der Waals surface area contributed by atoms with Gasteiger partial charge in [-0.05, 0) is 50.6 Å². The van der Waals surface area contributed by atoms with E-state index in [4.69, 9.17) is 11.6 Å². The Morgan fingerprint density at radius 1 is 1.24 bits per heavy atom. The summed E-state index contributed by atoms with van der Waals surface area (Å²) < 4.78 is 0. The monoisotopic (exact) mass is 357 g/mol. The van der Waals surface area contributed by atoms with Crippen molar-refractivity contribution in [3.63, 3.8) is 0 Å². The van der Waals surface area contributed by atoms with E-state index in [0.29, 0.717) is 10.6 Å². The molecule has 2 heterocycles. The van der Waals surface area contributed by atoms with Crippen LogP contribution in [-0.4, -0.2) is 41.3 Å². The number of rotatable bonds is 4. The predicted octanol–water partition coefficient (Wildman–Crippen LogP) is 4.16. The fraction of sp³-hybridized carbons (Fsp3) is 0.400. The number of pyridine rings is 1. The van der Waals surface area contributed by atoms with Gasteiger partial charge < -0.3 is 9.80 Å². The van der Waals surface area contributed by atoms with Gasteiger partial charge in [0.1, 0.15) is 0 Å². The van der Waals surface area contributed by atoms with Gasteiger partial charge in [0.15, 0.2) is 0 Å². The molecule has 1 aliphatic heterocycles. The maximum atomic E-state index is 13.0. The summed E-state index contributed by atoms with van der Waals surface area (Å²) in [7, 11) is 4.13. The molecule has 0 radical (unpaired) electrons. The van der Waals surface area contributed by atoms with Crippen molar-refractivity contribution in [2.75, 3.05) is 20.6 Å². The standard InChI is InChI=1S/C20H24ClN3O/c1-23(2)14-15-6-8-16(9-7-15)19-5-3-4-10-24(19)20(25)17-11-18(21)13-22-12-17/h6-9,11-13,19H,3-5,10,14H2,1-2H3/t19-/m0/s1. The second-order valence-corrected chi connectivity index (χ2v) is 7.32. The number of piperidine rings is 1. The molecule has 25 heavy (non-hydrogen) atoms. The average Bonchev–Trinajstić information content (AvgIpc) is 2.61. The van der Waals surface area contributed by atoms with Crippen molar-refractivity contribution in [2.45, 2.75) is 31.8 Å². The summed E-state index contributed by atoms with van der Waals surface area (Å²) >= 11 is 6.00. The Bertz CT molecular complexity index is 730. The third kappa shape index (κ3) is 4.39. The molecule has 3 rings (SSSR count). The van der Waals surface area contributed by atoms with Gasteiger partial charge in [-0.25, -0.2) is 0 Å². The number of carbonyl (C=O) groups is 1. The highest BCUT2D eigenvalue weighted by Gasteiger charge is 2.28. The van der Waals surface area contributed by atoms with Gasteiger partial charge in [0.25, 0.3) is 5.91 Å². The molecule has 1 saturated heterocycles. The van der Waals surface area contributed by atoms with E-state index in [2.05, 4.69) is 48.2 Å². The minimum atomic E-state index is 0.0112. The van der Waals surface area contributed by atoms with Gasteiger partial charge >= 0.3 is 0 Å². The van der Waals surface area contributed by atoms with Crippen LogP contribution in [0.5, 0.6) is 0 Å². The lowest BCUT2D eigenvalue weighted by molar-refractivity contribution is 0.0611. The molecule has 2 aromatic rings. The molecule has 0 aliphatic carbocycles. The first kappa shape index (κ1) is 17.9. The zero-order chi connectivity index (χ0) is 17.8. The van der Waals surface area contributed by atoms with Crippen LogP contribution in [0.15, 0.2) is 42.7 Å². The maximum Gasteiger partial charge on any atom is 0.255 e. The first-order chi connectivity index (χ1) is 12.0. The van der Waals surface area contributed by atoms with Crippen LogP contribution in [-0.2, 0) is 6.54 Å². The van der Waals surface area contributed by atoms with Gasteiger partial charge in [0, 0.05) is 25.5 Å². The number of amides is 1. The molecule has 0 saturated carbocycles. The molecule has 1 aromatic heterocycles. The molecule has 0 bridgehead atoms. The summed E-state index contributed by atoms with van der Waals surface area (Å²) in [5, 5.41) is 0.493. The first-order valence-electron chi connectivity index (χ1n) is 8.69. The van der Waals surface area contributed by atoms with E-state index in [1.807, 2.05) is 4.90 Å². The van der Waals surface area contributed by atoms with Gasteiger partial charge in [-0.2, -0.15) is 0 Å². The molecule has 0 unspecified atom stereocenters. The number of hydrogen-bond donors (Lipinski definition) is 0. The Balaban J connectivity index is 1.82. The van der Waals surface area contributed by atoms with E-state index in [9.17, 15) is 4.79 Å². The van der Waals surface area contributed by atoms with Crippen LogP contribution in [0.25, 0.3) is 0 Å². The molecule has 1 atom stereocenters. The topological polar surface area (TPSA) is 36.4 Å². The fourth-order valence-corrected chi connectivity index (χ4v) is 3.60. The maximum absolute atomic E-state index is 13.0. The van der Waals surface area contributed by atoms with Crippen LogP contribution in [0.4, 0.5) is 0 Å². The number of aromatic nitrogens is 1. The molecule has 0 spiro atoms. The lowest BCUT2D eigenvalue weighted by Crippen LogP contribution is -2.38. The van der Waals surface area contributed by atoms with E-state index in [0.717, 1.165) is 32.4 Å². The summed E-state index contributed by atoms with van der Waals surface area (Å²) in [4.78, 5) is 21.1. The molecule has 132 valence electrons. The Morgan fingerprint density at radius 2 is 2.00 bits per heavy atom. The van der Waals surface area contributed by atoms with Crippen LogP contribution in [0.1, 0.15) is 46.8 Å².